The van der Waals surface area contributed by atoms with E-state index in [0.717, 1.165) is 24.1 Å². The lowest BCUT2D eigenvalue weighted by molar-refractivity contribution is -0.128. The summed E-state index contributed by atoms with van der Waals surface area (Å²) in [6, 6.07) is 4.85. The molecule has 7 nitrogen and oxygen atoms in total. The molecule has 1 atom stereocenters. The van der Waals surface area contributed by atoms with Crippen LogP contribution in [0.2, 0.25) is 0 Å². The van der Waals surface area contributed by atoms with E-state index in [-0.39, 0.29) is 24.3 Å². The molecule has 1 unspecified atom stereocenters. The molecular formula is C17H23N3O4. The second kappa shape index (κ2) is 7.92. The third-order valence-corrected chi connectivity index (χ3v) is 3.90. The molecule has 2 rings (SSSR count). The smallest absolute Gasteiger partial charge is 0.246 e. The molecule has 1 aliphatic rings. The maximum Gasteiger partial charge on any atom is 0.246 e. The average molecular weight is 333 g/mol. The van der Waals surface area contributed by atoms with Gasteiger partial charge in [0.2, 0.25) is 17.7 Å². The quantitative estimate of drug-likeness (QED) is 0.844. The van der Waals surface area contributed by atoms with Crippen LogP contribution < -0.4 is 15.5 Å². The first-order valence-corrected chi connectivity index (χ1v) is 7.92. The number of nitrogens with zero attached hydrogens (tertiary/aromatic N) is 1. The molecule has 0 aliphatic carbocycles. The van der Waals surface area contributed by atoms with Crippen LogP contribution in [-0.4, -0.2) is 44.0 Å². The van der Waals surface area contributed by atoms with Crippen LogP contribution in [0.1, 0.15) is 25.8 Å². The second-order valence-corrected chi connectivity index (χ2v) is 5.83. The topological polar surface area (TPSA) is 87.7 Å². The second-order valence-electron chi connectivity index (χ2n) is 5.83. The zero-order valence-corrected chi connectivity index (χ0v) is 14.2. The van der Waals surface area contributed by atoms with Crippen LogP contribution in [0.3, 0.4) is 0 Å². The fourth-order valence-electron chi connectivity index (χ4n) is 2.71. The number of benzene rings is 1. The number of fused-ring (bicyclic) bond motifs is 1. The Morgan fingerprint density at radius 3 is 2.75 bits per heavy atom. The van der Waals surface area contributed by atoms with Gasteiger partial charge in [-0.1, -0.05) is 6.07 Å². The van der Waals surface area contributed by atoms with E-state index in [2.05, 4.69) is 10.6 Å². The first kappa shape index (κ1) is 17.9. The Kier molecular flexibility index (Phi) is 5.92. The summed E-state index contributed by atoms with van der Waals surface area (Å²) in [5, 5.41) is 5.32. The number of hydrogen-bond donors (Lipinski definition) is 2. The molecule has 0 fully saturated rings. The Balaban J connectivity index is 2.07. The van der Waals surface area contributed by atoms with Crippen molar-refractivity contribution in [3.63, 3.8) is 0 Å². The number of carbonyl (C=O) groups is 3. The van der Waals surface area contributed by atoms with Gasteiger partial charge >= 0.3 is 0 Å². The molecule has 0 spiro atoms. The number of aryl methyl sites for hydroxylation is 1. The molecule has 7 heteroatoms. The monoisotopic (exact) mass is 333 g/mol. The lowest BCUT2D eigenvalue weighted by atomic mass is 10.0. The molecule has 130 valence electrons. The molecule has 0 radical (unpaired) electrons. The average Bonchev–Trinajstić information content (AvgIpc) is 2.54. The molecule has 0 bridgehead atoms. The van der Waals surface area contributed by atoms with Crippen LogP contribution in [-0.2, 0) is 25.5 Å². The lowest BCUT2D eigenvalue weighted by Gasteiger charge is -2.29. The predicted octanol–water partition coefficient (Wildman–Crippen LogP) is 1.08. The van der Waals surface area contributed by atoms with Crippen molar-refractivity contribution >= 4 is 29.1 Å². The van der Waals surface area contributed by atoms with Crippen molar-refractivity contribution in [3.05, 3.63) is 23.8 Å². The molecule has 24 heavy (non-hydrogen) atoms. The van der Waals surface area contributed by atoms with Crippen molar-refractivity contribution in [1.29, 1.82) is 0 Å². The highest BCUT2D eigenvalue weighted by Gasteiger charge is 2.21. The summed E-state index contributed by atoms with van der Waals surface area (Å²) in [4.78, 5) is 37.1. The zero-order chi connectivity index (χ0) is 17.7. The van der Waals surface area contributed by atoms with Gasteiger partial charge in [-0.15, -0.1) is 0 Å². The number of anilines is 2. The number of rotatable bonds is 5. The number of nitrogens with one attached hydrogen (secondary N) is 2. The van der Waals surface area contributed by atoms with Gasteiger partial charge in [-0.3, -0.25) is 14.4 Å². The predicted molar refractivity (Wildman–Crippen MR) is 90.9 cm³/mol. The Labute approximate surface area is 141 Å². The van der Waals surface area contributed by atoms with Gasteiger partial charge in [0.1, 0.15) is 12.6 Å². The van der Waals surface area contributed by atoms with Crippen molar-refractivity contribution in [3.8, 4) is 0 Å². The van der Waals surface area contributed by atoms with Gasteiger partial charge in [0.25, 0.3) is 0 Å². The normalized spacial score (nSPS) is 14.5. The van der Waals surface area contributed by atoms with E-state index in [1.54, 1.807) is 17.9 Å². The first-order chi connectivity index (χ1) is 11.4. The van der Waals surface area contributed by atoms with Gasteiger partial charge in [0, 0.05) is 32.0 Å². The minimum absolute atomic E-state index is 0.0142. The van der Waals surface area contributed by atoms with Crippen LogP contribution in [0.5, 0.6) is 0 Å². The molecule has 1 heterocycles. The maximum absolute atomic E-state index is 12.2. The fourth-order valence-corrected chi connectivity index (χ4v) is 2.71. The van der Waals surface area contributed by atoms with E-state index >= 15 is 0 Å². The van der Waals surface area contributed by atoms with Gasteiger partial charge in [0.15, 0.2) is 0 Å². The third kappa shape index (κ3) is 4.32. The summed E-state index contributed by atoms with van der Waals surface area (Å²) < 4.78 is 4.72. The number of hydrogen-bond acceptors (Lipinski definition) is 4. The van der Waals surface area contributed by atoms with E-state index in [4.69, 9.17) is 4.74 Å². The van der Waals surface area contributed by atoms with Gasteiger partial charge in [0.05, 0.1) is 0 Å². The fraction of sp³-hybridized carbons (Fsp3) is 0.471. The summed E-state index contributed by atoms with van der Waals surface area (Å²) in [5.74, 6) is -0.697. The Hall–Kier alpha value is -2.41. The van der Waals surface area contributed by atoms with Crippen LogP contribution >= 0.6 is 0 Å². The first-order valence-electron chi connectivity index (χ1n) is 7.92. The summed E-state index contributed by atoms with van der Waals surface area (Å²) in [5.41, 5.74) is 2.53. The van der Waals surface area contributed by atoms with E-state index < -0.39 is 6.04 Å². The molecule has 2 N–H and O–H groups in total. The number of methoxy groups -OCH3 is 1. The summed E-state index contributed by atoms with van der Waals surface area (Å²) in [7, 11) is 1.41. The van der Waals surface area contributed by atoms with E-state index in [9.17, 15) is 14.4 Å². The zero-order valence-electron chi connectivity index (χ0n) is 14.2. The van der Waals surface area contributed by atoms with Crippen LogP contribution in [0.25, 0.3) is 0 Å². The number of amides is 3. The van der Waals surface area contributed by atoms with Gasteiger partial charge in [-0.2, -0.15) is 0 Å². The molecule has 1 aromatic rings. The van der Waals surface area contributed by atoms with Crippen molar-refractivity contribution in [1.82, 2.24) is 5.32 Å². The summed E-state index contributed by atoms with van der Waals surface area (Å²) in [6.07, 6.45) is 1.84. The summed E-state index contributed by atoms with van der Waals surface area (Å²) >= 11 is 0. The van der Waals surface area contributed by atoms with Gasteiger partial charge in [-0.25, -0.2) is 0 Å². The number of ether oxygens (including phenoxy) is 1. The molecule has 0 aromatic heterocycles. The van der Waals surface area contributed by atoms with Crippen molar-refractivity contribution in [2.24, 2.45) is 0 Å². The third-order valence-electron chi connectivity index (χ3n) is 3.90. The standard InChI is InChI=1S/C17H23N3O4/c1-11(18-16(22)10-24-3)17(23)19-14-7-6-13-5-4-8-20(12(2)21)15(13)9-14/h6-7,9,11H,4-5,8,10H2,1-3H3,(H,18,22)(H,19,23). The van der Waals surface area contributed by atoms with Gasteiger partial charge < -0.3 is 20.3 Å². The molecule has 0 saturated heterocycles. The summed E-state index contributed by atoms with van der Waals surface area (Å²) in [6.45, 7) is 3.73. The van der Waals surface area contributed by atoms with E-state index in [1.807, 2.05) is 12.1 Å². The minimum Gasteiger partial charge on any atom is -0.375 e. The minimum atomic E-state index is -0.687. The van der Waals surface area contributed by atoms with E-state index in [0.29, 0.717) is 12.2 Å². The van der Waals surface area contributed by atoms with Crippen LogP contribution in [0.4, 0.5) is 11.4 Å². The van der Waals surface area contributed by atoms with Crippen LogP contribution in [0, 0.1) is 0 Å². The van der Waals surface area contributed by atoms with Crippen molar-refractivity contribution < 1.29 is 19.1 Å². The van der Waals surface area contributed by atoms with Crippen molar-refractivity contribution in [2.45, 2.75) is 32.7 Å². The molecular weight excluding hydrogens is 310 g/mol. The largest absolute Gasteiger partial charge is 0.375 e. The van der Waals surface area contributed by atoms with Crippen LogP contribution in [0.15, 0.2) is 18.2 Å². The highest BCUT2D eigenvalue weighted by molar-refractivity contribution is 5.98. The van der Waals surface area contributed by atoms with Crippen molar-refractivity contribution in [2.75, 3.05) is 30.5 Å². The highest BCUT2D eigenvalue weighted by Crippen LogP contribution is 2.30. The SMILES string of the molecule is COCC(=O)NC(C)C(=O)Nc1ccc2c(c1)N(C(C)=O)CCC2. The Bertz CT molecular complexity index is 645. The maximum atomic E-state index is 12.2. The van der Waals surface area contributed by atoms with E-state index in [1.165, 1.54) is 14.0 Å². The molecule has 1 aromatic carbocycles. The Morgan fingerprint density at radius 1 is 1.33 bits per heavy atom. The molecule has 1 aliphatic heterocycles. The molecule has 0 saturated carbocycles. The lowest BCUT2D eigenvalue weighted by Crippen LogP contribution is -2.43. The molecule has 3 amide bonds. The van der Waals surface area contributed by atoms with Gasteiger partial charge in [-0.05, 0) is 37.5 Å². The Morgan fingerprint density at radius 2 is 2.08 bits per heavy atom. The number of carbonyl (C=O) groups excluding carboxylic acids is 3. The highest BCUT2D eigenvalue weighted by atomic mass is 16.5.